The van der Waals surface area contributed by atoms with Crippen LogP contribution in [0, 0.1) is 0 Å². The summed E-state index contributed by atoms with van der Waals surface area (Å²) >= 11 is 0. The zero-order valence-corrected chi connectivity index (χ0v) is 9.61. The average Bonchev–Trinajstić information content (AvgIpc) is 2.27. The molecule has 16 heavy (non-hydrogen) atoms. The van der Waals surface area contributed by atoms with Gasteiger partial charge < -0.3 is 9.47 Å². The molecule has 0 bridgehead atoms. The van der Waals surface area contributed by atoms with Crippen molar-refractivity contribution in [3.8, 4) is 11.5 Å². The van der Waals surface area contributed by atoms with Gasteiger partial charge >= 0.3 is 0 Å². The van der Waals surface area contributed by atoms with Gasteiger partial charge in [-0.3, -0.25) is 10.2 Å². The molecule has 0 unspecified atom stereocenters. The number of hydrogen-bond donors (Lipinski definition) is 2. The Morgan fingerprint density at radius 2 is 2.06 bits per heavy atom. The van der Waals surface area contributed by atoms with Crippen LogP contribution >= 0.6 is 0 Å². The molecule has 88 valence electrons. The van der Waals surface area contributed by atoms with Crippen molar-refractivity contribution in [3.05, 3.63) is 23.8 Å². The number of nitrogen functional groups attached to an aromatic ring is 1. The molecule has 1 aromatic carbocycles. The molecule has 1 amide bonds. The summed E-state index contributed by atoms with van der Waals surface area (Å²) in [5, 5.41) is 0. The maximum atomic E-state index is 11.3. The summed E-state index contributed by atoms with van der Waals surface area (Å²) in [5.41, 5.74) is 2.48. The van der Waals surface area contributed by atoms with Gasteiger partial charge in [-0.1, -0.05) is 0 Å². The van der Waals surface area contributed by atoms with E-state index in [-0.39, 0.29) is 12.0 Å². The largest absolute Gasteiger partial charge is 0.493 e. The van der Waals surface area contributed by atoms with Crippen molar-refractivity contribution in [1.29, 1.82) is 0 Å². The number of methoxy groups -OCH3 is 1. The van der Waals surface area contributed by atoms with Crippen LogP contribution < -0.4 is 20.7 Å². The number of nitrogens with one attached hydrogen (secondary N) is 1. The van der Waals surface area contributed by atoms with Crippen LogP contribution in [0.3, 0.4) is 0 Å². The summed E-state index contributed by atoms with van der Waals surface area (Å²) < 4.78 is 10.7. The van der Waals surface area contributed by atoms with Crippen LogP contribution in [0.5, 0.6) is 11.5 Å². The molecule has 3 N–H and O–H groups in total. The van der Waals surface area contributed by atoms with E-state index in [1.165, 1.54) is 7.11 Å². The number of amides is 1. The van der Waals surface area contributed by atoms with Gasteiger partial charge in [-0.15, -0.1) is 0 Å². The minimum atomic E-state index is -0.366. The second-order valence-corrected chi connectivity index (χ2v) is 3.51. The molecular formula is C11H16N2O3. The molecule has 1 rings (SSSR count). The summed E-state index contributed by atoms with van der Waals surface area (Å²) in [6.45, 7) is 3.83. The van der Waals surface area contributed by atoms with Gasteiger partial charge in [-0.25, -0.2) is 5.84 Å². The lowest BCUT2D eigenvalue weighted by atomic mass is 10.2. The van der Waals surface area contributed by atoms with Crippen molar-refractivity contribution in [3.63, 3.8) is 0 Å². The van der Waals surface area contributed by atoms with Crippen molar-refractivity contribution in [2.24, 2.45) is 5.84 Å². The van der Waals surface area contributed by atoms with Crippen molar-refractivity contribution < 1.29 is 14.3 Å². The Labute approximate surface area is 94.5 Å². The molecule has 1 aromatic rings. The smallest absolute Gasteiger partial charge is 0.265 e. The lowest BCUT2D eigenvalue weighted by molar-refractivity contribution is 0.0953. The van der Waals surface area contributed by atoms with Gasteiger partial charge in [0.15, 0.2) is 11.5 Å². The molecule has 0 aliphatic rings. The number of hydrazine groups is 1. The van der Waals surface area contributed by atoms with Gasteiger partial charge in [0.2, 0.25) is 0 Å². The number of hydrogen-bond acceptors (Lipinski definition) is 4. The summed E-state index contributed by atoms with van der Waals surface area (Å²) in [7, 11) is 1.52. The van der Waals surface area contributed by atoms with E-state index in [0.717, 1.165) is 0 Å². The minimum absolute atomic E-state index is 0.0445. The van der Waals surface area contributed by atoms with Crippen molar-refractivity contribution >= 4 is 5.91 Å². The van der Waals surface area contributed by atoms with E-state index in [0.29, 0.717) is 17.1 Å². The first-order valence-electron chi connectivity index (χ1n) is 4.94. The standard InChI is InChI=1S/C11H16N2O3/c1-7(2)16-9-5-4-8(11(14)13-12)6-10(9)15-3/h4-7H,12H2,1-3H3,(H,13,14). The molecule has 0 aromatic heterocycles. The second kappa shape index (κ2) is 5.37. The Bertz CT molecular complexity index is 377. The highest BCUT2D eigenvalue weighted by Crippen LogP contribution is 2.28. The van der Waals surface area contributed by atoms with Gasteiger partial charge in [0.1, 0.15) is 0 Å². The molecule has 0 atom stereocenters. The first-order chi connectivity index (χ1) is 7.58. The number of carbonyl (C=O) groups is 1. The fourth-order valence-corrected chi connectivity index (χ4v) is 1.24. The van der Waals surface area contributed by atoms with Crippen molar-refractivity contribution in [1.82, 2.24) is 5.43 Å². The molecule has 0 spiro atoms. The van der Waals surface area contributed by atoms with Gasteiger partial charge in [-0.05, 0) is 32.0 Å². The highest BCUT2D eigenvalue weighted by Gasteiger charge is 2.10. The minimum Gasteiger partial charge on any atom is -0.493 e. The first kappa shape index (κ1) is 12.3. The number of nitrogens with two attached hydrogens (primary N) is 1. The Morgan fingerprint density at radius 3 is 2.56 bits per heavy atom. The Kier molecular flexibility index (Phi) is 4.13. The maximum Gasteiger partial charge on any atom is 0.265 e. The Balaban J connectivity index is 3.01. The Hall–Kier alpha value is -1.75. The number of rotatable bonds is 4. The Morgan fingerprint density at radius 1 is 1.38 bits per heavy atom. The van der Waals surface area contributed by atoms with Crippen LogP contribution in [0.4, 0.5) is 0 Å². The van der Waals surface area contributed by atoms with Gasteiger partial charge in [-0.2, -0.15) is 0 Å². The quantitative estimate of drug-likeness (QED) is 0.456. The summed E-state index contributed by atoms with van der Waals surface area (Å²) in [4.78, 5) is 11.3. The van der Waals surface area contributed by atoms with E-state index in [4.69, 9.17) is 15.3 Å². The van der Waals surface area contributed by atoms with E-state index in [1.54, 1.807) is 18.2 Å². The third-order valence-electron chi connectivity index (χ3n) is 1.92. The fourth-order valence-electron chi connectivity index (χ4n) is 1.24. The molecule has 0 radical (unpaired) electrons. The fraction of sp³-hybridized carbons (Fsp3) is 0.364. The number of benzene rings is 1. The van der Waals surface area contributed by atoms with E-state index in [1.807, 2.05) is 13.8 Å². The normalized spacial score (nSPS) is 10.1. The molecule has 5 nitrogen and oxygen atoms in total. The molecule has 5 heteroatoms. The summed E-state index contributed by atoms with van der Waals surface area (Å²) in [6.07, 6.45) is 0.0445. The highest BCUT2D eigenvalue weighted by molar-refractivity contribution is 5.94. The third-order valence-corrected chi connectivity index (χ3v) is 1.92. The number of ether oxygens (including phenoxy) is 2. The number of carbonyl (C=O) groups excluding carboxylic acids is 1. The monoisotopic (exact) mass is 224 g/mol. The SMILES string of the molecule is COc1cc(C(=O)NN)ccc1OC(C)C. The molecule has 0 heterocycles. The maximum absolute atomic E-state index is 11.3. The second-order valence-electron chi connectivity index (χ2n) is 3.51. The zero-order valence-electron chi connectivity index (χ0n) is 9.61. The van der Waals surface area contributed by atoms with Gasteiger partial charge in [0.25, 0.3) is 5.91 Å². The topological polar surface area (TPSA) is 73.6 Å². The van der Waals surface area contributed by atoms with Crippen molar-refractivity contribution in [2.45, 2.75) is 20.0 Å². The lowest BCUT2D eigenvalue weighted by Gasteiger charge is -2.14. The van der Waals surface area contributed by atoms with Gasteiger partial charge in [0.05, 0.1) is 13.2 Å². The van der Waals surface area contributed by atoms with Crippen molar-refractivity contribution in [2.75, 3.05) is 7.11 Å². The summed E-state index contributed by atoms with van der Waals surface area (Å²) in [5.74, 6) is 5.79. The van der Waals surface area contributed by atoms with Crippen LogP contribution in [-0.2, 0) is 0 Å². The molecule has 0 aliphatic heterocycles. The molecular weight excluding hydrogens is 208 g/mol. The van der Waals surface area contributed by atoms with Crippen LogP contribution in [0.2, 0.25) is 0 Å². The van der Waals surface area contributed by atoms with Crippen LogP contribution in [0.25, 0.3) is 0 Å². The summed E-state index contributed by atoms with van der Waals surface area (Å²) in [6, 6.07) is 4.89. The van der Waals surface area contributed by atoms with E-state index >= 15 is 0 Å². The van der Waals surface area contributed by atoms with Crippen LogP contribution in [-0.4, -0.2) is 19.1 Å². The molecule has 0 fully saturated rings. The average molecular weight is 224 g/mol. The molecule has 0 saturated heterocycles. The first-order valence-corrected chi connectivity index (χ1v) is 4.94. The van der Waals surface area contributed by atoms with Crippen LogP contribution in [0.1, 0.15) is 24.2 Å². The van der Waals surface area contributed by atoms with E-state index in [9.17, 15) is 4.79 Å². The lowest BCUT2D eigenvalue weighted by Crippen LogP contribution is -2.29. The van der Waals surface area contributed by atoms with E-state index < -0.39 is 0 Å². The third kappa shape index (κ3) is 2.87. The zero-order chi connectivity index (χ0) is 12.1. The van der Waals surface area contributed by atoms with Gasteiger partial charge in [0, 0.05) is 5.56 Å². The molecule has 0 saturated carbocycles. The predicted octanol–water partition coefficient (Wildman–Crippen LogP) is 1.09. The predicted molar refractivity (Wildman–Crippen MR) is 60.4 cm³/mol. The molecule has 0 aliphatic carbocycles. The highest BCUT2D eigenvalue weighted by atomic mass is 16.5. The van der Waals surface area contributed by atoms with Crippen LogP contribution in [0.15, 0.2) is 18.2 Å². The van der Waals surface area contributed by atoms with E-state index in [2.05, 4.69) is 5.43 Å².